The molecular formula is C76H88N4O22Si4. The van der Waals surface area contributed by atoms with Crippen molar-refractivity contribution < 1.29 is 101 Å². The van der Waals surface area contributed by atoms with Crippen LogP contribution in [0.25, 0.3) is 43.1 Å². The molecule has 0 bridgehead atoms. The van der Waals surface area contributed by atoms with Crippen LogP contribution < -0.4 is 18.9 Å². The lowest BCUT2D eigenvalue weighted by atomic mass is 9.80. The quantitative estimate of drug-likeness (QED) is 0.0153. The average molecular weight is 1520 g/mol. The van der Waals surface area contributed by atoms with Crippen LogP contribution in [0.2, 0.25) is 24.2 Å². The number of nitrogens with zero attached hydrogens (tertiary/aromatic N) is 4. The molecule has 560 valence electrons. The van der Waals surface area contributed by atoms with Gasteiger partial charge in [0.05, 0.1) is 22.3 Å². The zero-order valence-corrected chi connectivity index (χ0v) is 66.4. The number of hydrogen-bond acceptors (Lipinski definition) is 22. The number of amides is 6. The molecule has 2 aliphatic heterocycles. The van der Waals surface area contributed by atoms with Gasteiger partial charge in [-0.3, -0.25) is 38.6 Å². The summed E-state index contributed by atoms with van der Waals surface area (Å²) in [5, 5.41) is 1.80. The van der Waals surface area contributed by atoms with Crippen molar-refractivity contribution in [1.29, 1.82) is 0 Å². The summed E-state index contributed by atoms with van der Waals surface area (Å²) >= 11 is 0. The smallest absolute Gasteiger partial charge is 0.457 e. The summed E-state index contributed by atoms with van der Waals surface area (Å²) in [5.74, 6) is -3.18. The van der Waals surface area contributed by atoms with Gasteiger partial charge in [0.15, 0.2) is 0 Å². The van der Waals surface area contributed by atoms with E-state index in [2.05, 4.69) is 0 Å². The Labute approximate surface area is 619 Å². The Kier molecular flexibility index (Phi) is 24.1. The molecule has 0 aromatic heterocycles. The van der Waals surface area contributed by atoms with E-state index in [0.29, 0.717) is 23.0 Å². The van der Waals surface area contributed by atoms with Crippen LogP contribution in [-0.2, 0) is 62.7 Å². The van der Waals surface area contributed by atoms with Crippen LogP contribution in [0.15, 0.2) is 121 Å². The molecule has 0 saturated heterocycles. The Bertz CT molecular complexity index is 4160. The minimum Gasteiger partial charge on any atom is -0.457 e. The first-order valence-electron chi connectivity index (χ1n) is 34.2. The SMILES string of the molecule is CO[Si](CCN(CC[Si](OC)(OC)OC)C(=O)CN1C(=O)c2cc(Oc3ccc(C)cc3)c3c4c(Oc5ccc(C)cc5)cc5c6c(cc(Oc7ccc(C)cc7)c(c7c(Oc8ccc(C)cc8)cc(c2c37)C1=O)c64)C(=O)N(CC(=O)N(CC[Si](OC)(OC)OC)CC[Si](OC)(OC)OC)C5=O)(OC)OC. The molecule has 0 fully saturated rings. The number of fused-ring (bicyclic) bond motifs is 2. The van der Waals surface area contributed by atoms with Gasteiger partial charge in [-0.05, 0) is 100 Å². The fourth-order valence-corrected chi connectivity index (χ4v) is 20.3. The van der Waals surface area contributed by atoms with Gasteiger partial charge in [-0.2, -0.15) is 0 Å². The molecule has 2 heterocycles. The highest BCUT2D eigenvalue weighted by atomic mass is 28.4. The lowest BCUT2D eigenvalue weighted by Gasteiger charge is -2.34. The highest BCUT2D eigenvalue weighted by Crippen LogP contribution is 2.58. The highest BCUT2D eigenvalue weighted by Gasteiger charge is 2.47. The molecule has 11 rings (SSSR count). The number of aryl methyl sites for hydroxylation is 4. The summed E-state index contributed by atoms with van der Waals surface area (Å²) < 4.78 is 98.0. The third-order valence-electron chi connectivity index (χ3n) is 19.8. The van der Waals surface area contributed by atoms with E-state index in [-0.39, 0.29) is 139 Å². The topological polar surface area (TPSA) is 263 Å². The van der Waals surface area contributed by atoms with Gasteiger partial charge in [-0.15, -0.1) is 0 Å². The fraction of sp³-hybridized carbons (Fsp3) is 0.342. The largest absolute Gasteiger partial charge is 0.501 e. The van der Waals surface area contributed by atoms with Gasteiger partial charge in [-0.1, -0.05) is 70.8 Å². The predicted octanol–water partition coefficient (Wildman–Crippen LogP) is 12.5. The Morgan fingerprint density at radius 3 is 0.660 bits per heavy atom. The summed E-state index contributed by atoms with van der Waals surface area (Å²) in [6, 6.07) is 35.6. The standard InChI is InChI=1S/C76H88N4O22Si4/c1-47-17-25-51(26-18-47)99-59-41-55-65-56(74(84)79(73(55)83)45-63(81)77(33-37-103(87-5,88-6)89-7)34-38-104(90-8,91-9)92-10)43-61(101-53-29-21-49(3)22-30-53)69-70-62(102-54-31-23-50(4)24-32-54)44-58-66-57(42-60(68(72(66)70)67(59)71(65)69)100-52-27-19-48(2)20-28-52)75(85)80(76(58)86)46-64(82)78(35-39-105(93-11,94-12)95-13)36-40-106(96-14,97-15)98-16/h17-32,41-44H,33-40,45-46H2,1-16H3. The second-order valence-corrected chi connectivity index (χ2v) is 38.0. The number of hydrogen-bond donors (Lipinski definition) is 0. The van der Waals surface area contributed by atoms with E-state index in [1.807, 2.05) is 76.2 Å². The van der Waals surface area contributed by atoms with Crippen molar-refractivity contribution in [2.24, 2.45) is 0 Å². The Morgan fingerprint density at radius 2 is 0.481 bits per heavy atom. The molecule has 9 aromatic rings. The van der Waals surface area contributed by atoms with Crippen LogP contribution in [0, 0.1) is 27.7 Å². The van der Waals surface area contributed by atoms with Crippen LogP contribution in [0.1, 0.15) is 63.7 Å². The van der Waals surface area contributed by atoms with Crippen LogP contribution in [-0.4, -0.2) is 215 Å². The molecule has 0 aliphatic carbocycles. The molecule has 0 radical (unpaired) electrons. The van der Waals surface area contributed by atoms with Crippen molar-refractivity contribution in [3.63, 3.8) is 0 Å². The van der Waals surface area contributed by atoms with E-state index in [4.69, 9.17) is 72.1 Å². The van der Waals surface area contributed by atoms with Gasteiger partial charge in [0, 0.05) is 179 Å². The second-order valence-electron chi connectivity index (χ2n) is 25.7. The second kappa shape index (κ2) is 32.7. The summed E-state index contributed by atoms with van der Waals surface area (Å²) in [7, 11) is 4.05. The van der Waals surface area contributed by atoms with Gasteiger partial charge in [-0.25, -0.2) is 0 Å². The predicted molar refractivity (Wildman–Crippen MR) is 403 cm³/mol. The molecule has 0 saturated carbocycles. The molecule has 9 aromatic carbocycles. The zero-order chi connectivity index (χ0) is 76.2. The van der Waals surface area contributed by atoms with Crippen LogP contribution >= 0.6 is 0 Å². The maximum atomic E-state index is 16.1. The monoisotopic (exact) mass is 1520 g/mol. The lowest BCUT2D eigenvalue weighted by Crippen LogP contribution is -2.52. The first-order chi connectivity index (χ1) is 50.9. The molecule has 2 aliphatic rings. The minimum absolute atomic E-state index is 0.00997. The van der Waals surface area contributed by atoms with E-state index in [0.717, 1.165) is 32.1 Å². The highest BCUT2D eigenvalue weighted by molar-refractivity contribution is 6.62. The summed E-state index contributed by atoms with van der Waals surface area (Å²) in [6.45, 7) is 6.13. The van der Waals surface area contributed by atoms with Gasteiger partial charge in [0.1, 0.15) is 59.1 Å². The fourth-order valence-electron chi connectivity index (χ4n) is 13.7. The zero-order valence-electron chi connectivity index (χ0n) is 62.4. The normalized spacial score (nSPS) is 13.5. The number of carbonyl (C=O) groups excluding carboxylic acids is 6. The van der Waals surface area contributed by atoms with Crippen LogP contribution in [0.3, 0.4) is 0 Å². The van der Waals surface area contributed by atoms with Crippen molar-refractivity contribution in [2.45, 2.75) is 51.9 Å². The molecule has 0 spiro atoms. The summed E-state index contributed by atoms with van der Waals surface area (Å²) in [6.07, 6.45) is 0. The van der Waals surface area contributed by atoms with Crippen molar-refractivity contribution >= 4 is 114 Å². The molecule has 106 heavy (non-hydrogen) atoms. The van der Waals surface area contributed by atoms with E-state index in [9.17, 15) is 0 Å². The van der Waals surface area contributed by atoms with Crippen LogP contribution in [0.4, 0.5) is 0 Å². The maximum Gasteiger partial charge on any atom is 0.501 e. The van der Waals surface area contributed by atoms with Gasteiger partial charge in [0.25, 0.3) is 23.6 Å². The molecule has 0 N–H and O–H groups in total. The van der Waals surface area contributed by atoms with E-state index in [1.165, 1.54) is 119 Å². The minimum atomic E-state index is -3.36. The third kappa shape index (κ3) is 15.2. The van der Waals surface area contributed by atoms with Crippen LogP contribution in [0.5, 0.6) is 46.0 Å². The average Bonchev–Trinajstić information content (AvgIpc) is 0.672. The number of rotatable bonds is 36. The van der Waals surface area contributed by atoms with Gasteiger partial charge < -0.3 is 81.9 Å². The number of benzene rings is 9. The first-order valence-corrected chi connectivity index (χ1v) is 41.9. The van der Waals surface area contributed by atoms with E-state index >= 15 is 28.8 Å². The Balaban J connectivity index is 1.21. The Morgan fingerprint density at radius 1 is 0.292 bits per heavy atom. The van der Waals surface area contributed by atoms with E-state index in [1.54, 1.807) is 48.5 Å². The van der Waals surface area contributed by atoms with E-state index < -0.39 is 83.8 Å². The van der Waals surface area contributed by atoms with Crippen molar-refractivity contribution in [3.05, 3.63) is 166 Å². The molecule has 6 amide bonds. The summed E-state index contributed by atoms with van der Waals surface area (Å²) in [5.41, 5.74) is 3.49. The number of carbonyl (C=O) groups is 6. The third-order valence-corrected chi connectivity index (χ3v) is 30.6. The number of imide groups is 2. The Hall–Kier alpha value is -8.91. The lowest BCUT2D eigenvalue weighted by molar-refractivity contribution is -0.132. The maximum absolute atomic E-state index is 16.1. The molecule has 30 heteroatoms. The number of ether oxygens (including phenoxy) is 4. The molecule has 0 unspecified atom stereocenters. The van der Waals surface area contributed by atoms with Crippen molar-refractivity contribution in [1.82, 2.24) is 19.6 Å². The molecule has 0 atom stereocenters. The summed E-state index contributed by atoms with van der Waals surface area (Å²) in [4.78, 5) is 99.9. The van der Waals surface area contributed by atoms with Crippen molar-refractivity contribution in [2.75, 3.05) is 125 Å². The van der Waals surface area contributed by atoms with Crippen molar-refractivity contribution in [3.8, 4) is 46.0 Å². The van der Waals surface area contributed by atoms with Gasteiger partial charge >= 0.3 is 35.2 Å². The molecule has 26 nitrogen and oxygen atoms in total. The van der Waals surface area contributed by atoms with Gasteiger partial charge in [0.2, 0.25) is 11.8 Å². The first kappa shape index (κ1) is 78.2. The molecular weight excluding hydrogens is 1430 g/mol.